The van der Waals surface area contributed by atoms with Crippen molar-refractivity contribution < 1.29 is 22.4 Å². The second-order valence-corrected chi connectivity index (χ2v) is 6.56. The van der Waals surface area contributed by atoms with Gasteiger partial charge in [-0.05, 0) is 19.9 Å². The molecule has 1 amide bonds. The molecule has 1 atom stereocenters. The number of anilines is 1. The Morgan fingerprint density at radius 1 is 1.38 bits per heavy atom. The predicted molar refractivity (Wildman–Crippen MR) is 97.0 cm³/mol. The topological polar surface area (TPSA) is 89.1 Å². The first-order valence-corrected chi connectivity index (χ1v) is 8.95. The van der Waals surface area contributed by atoms with Gasteiger partial charge in [0, 0.05) is 43.7 Å². The van der Waals surface area contributed by atoms with E-state index < -0.39 is 35.2 Å². The van der Waals surface area contributed by atoms with Gasteiger partial charge in [0.1, 0.15) is 0 Å². The number of nitrogens with zero attached hydrogens (tertiary/aromatic N) is 4. The number of carbonyl (C=O) groups is 1. The molecule has 11 heteroatoms. The van der Waals surface area contributed by atoms with Crippen molar-refractivity contribution >= 4 is 11.7 Å². The zero-order valence-electron chi connectivity index (χ0n) is 15.8. The molecule has 1 aliphatic heterocycles. The van der Waals surface area contributed by atoms with Crippen LogP contribution in [0.5, 0.6) is 0 Å². The van der Waals surface area contributed by atoms with Crippen LogP contribution in [0, 0.1) is 5.82 Å². The molecule has 0 fully saturated rings. The molecule has 2 aromatic rings. The largest absolute Gasteiger partial charge is 0.436 e. The van der Waals surface area contributed by atoms with Crippen molar-refractivity contribution in [3.63, 3.8) is 0 Å². The van der Waals surface area contributed by atoms with E-state index >= 15 is 0 Å². The highest BCUT2D eigenvalue weighted by atomic mass is 19.4. The Morgan fingerprint density at radius 3 is 2.72 bits per heavy atom. The quantitative estimate of drug-likeness (QED) is 0.754. The smallest absolute Gasteiger partial charge is 0.399 e. The van der Waals surface area contributed by atoms with E-state index in [2.05, 4.69) is 15.4 Å². The van der Waals surface area contributed by atoms with Crippen LogP contribution >= 0.6 is 0 Å². The van der Waals surface area contributed by atoms with Crippen LogP contribution in [0.15, 0.2) is 35.9 Å². The van der Waals surface area contributed by atoms with Gasteiger partial charge in [0.15, 0.2) is 17.3 Å². The van der Waals surface area contributed by atoms with Gasteiger partial charge in [-0.2, -0.15) is 18.3 Å². The van der Waals surface area contributed by atoms with Crippen molar-refractivity contribution in [2.75, 3.05) is 11.9 Å². The number of hydrogen-bond donors (Lipinski definition) is 2. The van der Waals surface area contributed by atoms with Crippen molar-refractivity contribution in [2.45, 2.75) is 39.0 Å². The van der Waals surface area contributed by atoms with Crippen LogP contribution < -0.4 is 11.1 Å². The summed E-state index contributed by atoms with van der Waals surface area (Å²) in [7, 11) is 0. The van der Waals surface area contributed by atoms with Crippen molar-refractivity contribution in [3.8, 4) is 0 Å². The van der Waals surface area contributed by atoms with Crippen LogP contribution in [-0.4, -0.2) is 38.2 Å². The molecule has 1 unspecified atom stereocenters. The van der Waals surface area contributed by atoms with Gasteiger partial charge in [-0.25, -0.2) is 9.37 Å². The number of aromatic nitrogens is 3. The molecule has 0 aliphatic carbocycles. The molecule has 156 valence electrons. The Balaban J connectivity index is 1.83. The Labute approximate surface area is 164 Å². The minimum atomic E-state index is -4.99. The van der Waals surface area contributed by atoms with Crippen molar-refractivity contribution in [1.29, 1.82) is 0 Å². The van der Waals surface area contributed by atoms with Gasteiger partial charge in [0.25, 0.3) is 5.91 Å². The summed E-state index contributed by atoms with van der Waals surface area (Å²) in [5.74, 6) is -1.97. The maximum absolute atomic E-state index is 14.3. The third-order valence-electron chi connectivity index (χ3n) is 4.76. The fourth-order valence-electron chi connectivity index (χ4n) is 3.12. The van der Waals surface area contributed by atoms with E-state index in [-0.39, 0.29) is 6.54 Å². The first-order chi connectivity index (χ1) is 13.6. The van der Waals surface area contributed by atoms with Crippen LogP contribution in [0.25, 0.3) is 0 Å². The summed E-state index contributed by atoms with van der Waals surface area (Å²) in [6.45, 7) is 4.43. The third-order valence-corrected chi connectivity index (χ3v) is 4.76. The van der Waals surface area contributed by atoms with E-state index in [1.54, 1.807) is 23.9 Å². The molecule has 0 bridgehead atoms. The highest BCUT2D eigenvalue weighted by Crippen LogP contribution is 2.32. The van der Waals surface area contributed by atoms with Gasteiger partial charge in [-0.1, -0.05) is 0 Å². The Kier molecular flexibility index (Phi) is 5.49. The first kappa shape index (κ1) is 20.6. The average Bonchev–Trinajstić information content (AvgIpc) is 3.12. The molecule has 29 heavy (non-hydrogen) atoms. The lowest BCUT2D eigenvalue weighted by molar-refractivity contribution is -0.143. The molecule has 7 nitrogen and oxygen atoms in total. The number of carbonyl (C=O) groups excluding carboxylic acids is 1. The summed E-state index contributed by atoms with van der Waals surface area (Å²) < 4.78 is 54.7. The van der Waals surface area contributed by atoms with E-state index in [0.29, 0.717) is 30.2 Å². The molecule has 3 N–H and O–H groups in total. The summed E-state index contributed by atoms with van der Waals surface area (Å²) in [5.41, 5.74) is 4.74. The second kappa shape index (κ2) is 7.72. The normalized spacial score (nSPS) is 17.6. The van der Waals surface area contributed by atoms with Crippen LogP contribution in [0.4, 0.5) is 23.4 Å². The number of amides is 1. The lowest BCUT2D eigenvalue weighted by Crippen LogP contribution is -2.46. The Hall–Kier alpha value is -3.11. The highest BCUT2D eigenvalue weighted by molar-refractivity contribution is 5.95. The fourth-order valence-corrected chi connectivity index (χ4v) is 3.12. The molecule has 0 saturated heterocycles. The fraction of sp³-hybridized carbons (Fsp3) is 0.389. The average molecular weight is 412 g/mol. The van der Waals surface area contributed by atoms with Gasteiger partial charge in [0.05, 0.1) is 17.3 Å². The van der Waals surface area contributed by atoms with Gasteiger partial charge in [-0.3, -0.25) is 9.48 Å². The number of hydrogen-bond acceptors (Lipinski definition) is 5. The zero-order chi connectivity index (χ0) is 21.3. The molecule has 0 saturated carbocycles. The number of pyridine rings is 1. The van der Waals surface area contributed by atoms with Gasteiger partial charge in [-0.15, -0.1) is 0 Å². The van der Waals surface area contributed by atoms with E-state index in [0.717, 1.165) is 12.3 Å². The number of nitrogens with one attached hydrogen (secondary N) is 1. The number of nitrogens with two attached hydrogens (primary N) is 1. The lowest BCUT2D eigenvalue weighted by atomic mass is 10.0. The van der Waals surface area contributed by atoms with E-state index in [9.17, 15) is 22.4 Å². The van der Waals surface area contributed by atoms with E-state index in [1.165, 1.54) is 4.90 Å². The van der Waals surface area contributed by atoms with Crippen LogP contribution in [0.1, 0.15) is 36.3 Å². The van der Waals surface area contributed by atoms with Crippen molar-refractivity contribution in [1.82, 2.24) is 19.7 Å². The minimum absolute atomic E-state index is 0.153. The third kappa shape index (κ3) is 4.03. The van der Waals surface area contributed by atoms with Gasteiger partial charge >= 0.3 is 6.18 Å². The molecule has 3 rings (SSSR count). The molecule has 0 spiro atoms. The number of alkyl halides is 3. The Morgan fingerprint density at radius 2 is 2.10 bits per heavy atom. The second-order valence-electron chi connectivity index (χ2n) is 6.56. The van der Waals surface area contributed by atoms with Crippen LogP contribution in [0.3, 0.4) is 0 Å². The van der Waals surface area contributed by atoms with Crippen molar-refractivity contribution in [3.05, 3.63) is 53.0 Å². The number of halogens is 4. The standard InChI is InChI=1S/C18H20F4N6O/c1-3-27-8-6-13(26-27)25-12-5-9-28(10(2)15(12)23)17(29)11-4-7-24-16(14(11)19)18(20,21)22/h4,6-8,10H,3,5,9,23H2,1-2H3,(H,25,26). The van der Waals surface area contributed by atoms with Crippen LogP contribution in [0.2, 0.25) is 0 Å². The van der Waals surface area contributed by atoms with Crippen molar-refractivity contribution in [2.24, 2.45) is 5.73 Å². The first-order valence-electron chi connectivity index (χ1n) is 8.95. The molecule has 2 aromatic heterocycles. The SMILES string of the molecule is CCn1ccc(NC2=C(N)C(C)N(C(=O)c3ccnc(C(F)(F)F)c3F)CC2)n1. The van der Waals surface area contributed by atoms with E-state index in [4.69, 9.17) is 5.73 Å². The lowest BCUT2D eigenvalue weighted by Gasteiger charge is -2.35. The Bertz CT molecular complexity index is 952. The number of rotatable bonds is 4. The minimum Gasteiger partial charge on any atom is -0.399 e. The molecule has 1 aliphatic rings. The summed E-state index contributed by atoms with van der Waals surface area (Å²) in [6, 6.07) is 2.07. The van der Waals surface area contributed by atoms with Gasteiger partial charge < -0.3 is 16.0 Å². The molecule has 0 radical (unpaired) electrons. The van der Waals surface area contributed by atoms with E-state index in [1.807, 2.05) is 6.92 Å². The maximum atomic E-state index is 14.3. The zero-order valence-corrected chi connectivity index (χ0v) is 15.8. The van der Waals surface area contributed by atoms with Gasteiger partial charge in [0.2, 0.25) is 0 Å². The highest BCUT2D eigenvalue weighted by Gasteiger charge is 2.39. The molecular formula is C18H20F4N6O. The maximum Gasteiger partial charge on any atom is 0.436 e. The summed E-state index contributed by atoms with van der Waals surface area (Å²) in [4.78, 5) is 17.0. The summed E-state index contributed by atoms with van der Waals surface area (Å²) in [6.07, 6.45) is -2.11. The summed E-state index contributed by atoms with van der Waals surface area (Å²) in [5, 5.41) is 7.41. The van der Waals surface area contributed by atoms with Crippen LogP contribution in [-0.2, 0) is 12.7 Å². The monoisotopic (exact) mass is 412 g/mol. The predicted octanol–water partition coefficient (Wildman–Crippen LogP) is 2.97. The molecular weight excluding hydrogens is 392 g/mol. The molecule has 0 aromatic carbocycles. The molecule has 3 heterocycles. The number of aryl methyl sites for hydroxylation is 1. The summed E-state index contributed by atoms with van der Waals surface area (Å²) >= 11 is 0.